The zero-order valence-electron chi connectivity index (χ0n) is 11.1. The first kappa shape index (κ1) is 11.7. The van der Waals surface area contributed by atoms with Crippen molar-refractivity contribution < 1.29 is 4.74 Å². The minimum atomic E-state index is 0.973. The number of hydrogen-bond acceptors (Lipinski definition) is 2. The van der Waals surface area contributed by atoms with E-state index in [2.05, 4.69) is 39.8 Å². The van der Waals surface area contributed by atoms with E-state index in [0.717, 1.165) is 11.5 Å². The maximum atomic E-state index is 6.10. The van der Waals surface area contributed by atoms with Gasteiger partial charge < -0.3 is 4.74 Å². The summed E-state index contributed by atoms with van der Waals surface area (Å²) in [6.45, 7) is 8.70. The molecule has 0 N–H and O–H groups in total. The van der Waals surface area contributed by atoms with E-state index < -0.39 is 0 Å². The summed E-state index contributed by atoms with van der Waals surface area (Å²) in [6, 6.07) is 8.24. The summed E-state index contributed by atoms with van der Waals surface area (Å²) in [7, 11) is 0. The van der Waals surface area contributed by atoms with Crippen molar-refractivity contribution >= 4 is 11.8 Å². The third-order valence-electron chi connectivity index (χ3n) is 3.85. The maximum Gasteiger partial charge on any atom is 0.144 e. The fourth-order valence-corrected chi connectivity index (χ4v) is 3.50. The number of benzene rings is 2. The van der Waals surface area contributed by atoms with Crippen LogP contribution >= 0.6 is 11.8 Å². The number of hydrogen-bond donors (Lipinski definition) is 0. The largest absolute Gasteiger partial charge is 0.455 e. The monoisotopic (exact) mass is 256 g/mol. The molecule has 0 fully saturated rings. The summed E-state index contributed by atoms with van der Waals surface area (Å²) >= 11 is 1.82. The Morgan fingerprint density at radius 2 is 1.50 bits per heavy atom. The molecule has 3 rings (SSSR count). The second kappa shape index (κ2) is 4.06. The van der Waals surface area contributed by atoms with Gasteiger partial charge in [-0.1, -0.05) is 23.9 Å². The Morgan fingerprint density at radius 1 is 0.833 bits per heavy atom. The predicted molar refractivity (Wildman–Crippen MR) is 76.0 cm³/mol. The molecule has 2 heteroatoms. The molecule has 1 nitrogen and oxygen atoms in total. The van der Waals surface area contributed by atoms with Gasteiger partial charge in [0, 0.05) is 0 Å². The lowest BCUT2D eigenvalue weighted by Crippen LogP contribution is -2.03. The van der Waals surface area contributed by atoms with E-state index in [1.165, 1.54) is 32.0 Å². The molecule has 0 unspecified atom stereocenters. The molecule has 1 heterocycles. The first-order chi connectivity index (χ1) is 8.59. The van der Waals surface area contributed by atoms with Crippen LogP contribution in [0.1, 0.15) is 22.3 Å². The second-order valence-electron chi connectivity index (χ2n) is 4.81. The molecule has 0 amide bonds. The molecule has 0 aromatic heterocycles. The third kappa shape index (κ3) is 1.56. The fraction of sp³-hybridized carbons (Fsp3) is 0.250. The molecule has 0 saturated carbocycles. The van der Waals surface area contributed by atoms with Gasteiger partial charge in [0.15, 0.2) is 0 Å². The Morgan fingerprint density at radius 3 is 2.28 bits per heavy atom. The van der Waals surface area contributed by atoms with E-state index in [1.54, 1.807) is 0 Å². The Bertz CT molecular complexity index is 588. The van der Waals surface area contributed by atoms with Crippen molar-refractivity contribution in [3.05, 3.63) is 46.5 Å². The third-order valence-corrected chi connectivity index (χ3v) is 5.10. The van der Waals surface area contributed by atoms with Crippen LogP contribution in [-0.2, 0) is 0 Å². The minimum Gasteiger partial charge on any atom is -0.455 e. The van der Waals surface area contributed by atoms with Gasteiger partial charge in [-0.3, -0.25) is 0 Å². The second-order valence-corrected chi connectivity index (χ2v) is 5.86. The highest BCUT2D eigenvalue weighted by molar-refractivity contribution is 7.99. The Kier molecular flexibility index (Phi) is 2.63. The van der Waals surface area contributed by atoms with Gasteiger partial charge in [0.05, 0.1) is 9.79 Å². The molecule has 92 valence electrons. The Hall–Kier alpha value is -1.41. The van der Waals surface area contributed by atoms with E-state index in [4.69, 9.17) is 4.74 Å². The zero-order valence-corrected chi connectivity index (χ0v) is 11.9. The first-order valence-corrected chi connectivity index (χ1v) is 6.96. The average Bonchev–Trinajstić information content (AvgIpc) is 2.41. The number of fused-ring (bicyclic) bond motifs is 2. The van der Waals surface area contributed by atoms with E-state index in [9.17, 15) is 0 Å². The minimum absolute atomic E-state index is 0.973. The smallest absolute Gasteiger partial charge is 0.144 e. The van der Waals surface area contributed by atoms with Crippen LogP contribution in [0.4, 0.5) is 0 Å². The van der Waals surface area contributed by atoms with Crippen LogP contribution in [0.15, 0.2) is 34.1 Å². The quantitative estimate of drug-likeness (QED) is 0.548. The van der Waals surface area contributed by atoms with Crippen molar-refractivity contribution in [2.24, 2.45) is 0 Å². The van der Waals surface area contributed by atoms with Crippen LogP contribution in [0.5, 0.6) is 11.5 Å². The topological polar surface area (TPSA) is 9.23 Å². The number of para-hydroxylation sites is 1. The fourth-order valence-electron chi connectivity index (χ4n) is 2.33. The van der Waals surface area contributed by atoms with Crippen molar-refractivity contribution in [3.63, 3.8) is 0 Å². The molecule has 2 aromatic carbocycles. The molecule has 1 aliphatic heterocycles. The lowest BCUT2D eigenvalue weighted by molar-refractivity contribution is 0.449. The van der Waals surface area contributed by atoms with Crippen molar-refractivity contribution in [2.45, 2.75) is 37.5 Å². The van der Waals surface area contributed by atoms with Gasteiger partial charge in [0.1, 0.15) is 11.5 Å². The van der Waals surface area contributed by atoms with Crippen LogP contribution in [0.25, 0.3) is 0 Å². The highest BCUT2D eigenvalue weighted by atomic mass is 32.2. The lowest BCUT2D eigenvalue weighted by atomic mass is 9.98. The maximum absolute atomic E-state index is 6.10. The molecule has 2 aromatic rings. The normalized spacial score (nSPS) is 12.7. The predicted octanol–water partition coefficient (Wildman–Crippen LogP) is 5.18. The molecule has 0 bridgehead atoms. The molecule has 18 heavy (non-hydrogen) atoms. The van der Waals surface area contributed by atoms with Crippen LogP contribution in [0, 0.1) is 27.7 Å². The van der Waals surface area contributed by atoms with E-state index in [1.807, 2.05) is 23.9 Å². The standard InChI is InChI=1S/C16H16OS/c1-9-10(2)12(4)16-15(11(9)3)17-13-7-5-6-8-14(13)18-16/h5-8H,1-4H3. The lowest BCUT2D eigenvalue weighted by Gasteiger charge is -2.25. The van der Waals surface area contributed by atoms with Crippen LogP contribution in [-0.4, -0.2) is 0 Å². The molecule has 1 aliphatic rings. The molecule has 0 atom stereocenters. The summed E-state index contributed by atoms with van der Waals surface area (Å²) in [5.41, 5.74) is 5.32. The SMILES string of the molecule is Cc1c(C)c(C)c2c(c1C)Oc1ccccc1S2. The molecule has 0 aliphatic carbocycles. The number of ether oxygens (including phenoxy) is 1. The van der Waals surface area contributed by atoms with E-state index >= 15 is 0 Å². The average molecular weight is 256 g/mol. The van der Waals surface area contributed by atoms with Crippen molar-refractivity contribution in [2.75, 3.05) is 0 Å². The van der Waals surface area contributed by atoms with Crippen LogP contribution in [0.3, 0.4) is 0 Å². The van der Waals surface area contributed by atoms with E-state index in [0.29, 0.717) is 0 Å². The van der Waals surface area contributed by atoms with Gasteiger partial charge in [-0.15, -0.1) is 0 Å². The van der Waals surface area contributed by atoms with Crippen molar-refractivity contribution in [1.29, 1.82) is 0 Å². The summed E-state index contributed by atoms with van der Waals surface area (Å²) < 4.78 is 6.10. The van der Waals surface area contributed by atoms with Gasteiger partial charge in [-0.05, 0) is 62.1 Å². The van der Waals surface area contributed by atoms with E-state index in [-0.39, 0.29) is 0 Å². The van der Waals surface area contributed by atoms with Crippen molar-refractivity contribution in [3.8, 4) is 11.5 Å². The summed E-state index contributed by atoms with van der Waals surface area (Å²) in [4.78, 5) is 2.48. The molecule has 0 saturated heterocycles. The summed E-state index contributed by atoms with van der Waals surface area (Å²) in [6.07, 6.45) is 0. The number of rotatable bonds is 0. The van der Waals surface area contributed by atoms with Gasteiger partial charge in [-0.2, -0.15) is 0 Å². The van der Waals surface area contributed by atoms with Crippen LogP contribution < -0.4 is 4.74 Å². The van der Waals surface area contributed by atoms with Gasteiger partial charge >= 0.3 is 0 Å². The van der Waals surface area contributed by atoms with Crippen molar-refractivity contribution in [1.82, 2.24) is 0 Å². The van der Waals surface area contributed by atoms with Gasteiger partial charge in [0.25, 0.3) is 0 Å². The van der Waals surface area contributed by atoms with Gasteiger partial charge in [0.2, 0.25) is 0 Å². The highest BCUT2D eigenvalue weighted by Crippen LogP contribution is 2.51. The first-order valence-electron chi connectivity index (χ1n) is 6.14. The molecule has 0 spiro atoms. The molecule has 0 radical (unpaired) electrons. The Balaban J connectivity index is 2.25. The Labute approximate surface area is 112 Å². The van der Waals surface area contributed by atoms with Gasteiger partial charge in [-0.25, -0.2) is 0 Å². The van der Waals surface area contributed by atoms with Crippen LogP contribution in [0.2, 0.25) is 0 Å². The zero-order chi connectivity index (χ0) is 12.9. The highest BCUT2D eigenvalue weighted by Gasteiger charge is 2.23. The molecular weight excluding hydrogens is 240 g/mol. The molecular formula is C16H16OS. The summed E-state index contributed by atoms with van der Waals surface area (Å²) in [5.74, 6) is 2.01. The summed E-state index contributed by atoms with van der Waals surface area (Å²) in [5, 5.41) is 0.